The Morgan fingerprint density at radius 3 is 2.76 bits per heavy atom. The van der Waals surface area contributed by atoms with E-state index in [0.29, 0.717) is 23.4 Å². The van der Waals surface area contributed by atoms with Crippen molar-refractivity contribution in [2.45, 2.75) is 58.3 Å². The van der Waals surface area contributed by atoms with Gasteiger partial charge in [-0.3, -0.25) is 4.79 Å². The highest BCUT2D eigenvalue weighted by Gasteiger charge is 2.61. The van der Waals surface area contributed by atoms with E-state index < -0.39 is 0 Å². The Kier molecular flexibility index (Phi) is 2.62. The molecule has 21 heavy (non-hydrogen) atoms. The second-order valence-corrected chi connectivity index (χ2v) is 7.85. The maximum absolute atomic E-state index is 12.5. The second kappa shape index (κ2) is 4.12. The number of carbonyl (C=O) groups excluding carboxylic acids is 1. The number of benzene rings is 1. The van der Waals surface area contributed by atoms with Gasteiger partial charge in [0.1, 0.15) is 11.5 Å². The summed E-state index contributed by atoms with van der Waals surface area (Å²) in [4.78, 5) is 12.5. The SMILES string of the molecule is C[C@@]12CCC(=O)[C@@]1(C)CC[C@@H]1c3ccc(O)cc3CC[C@H]12. The molecule has 4 rings (SSSR count). The number of ketones is 1. The van der Waals surface area contributed by atoms with Gasteiger partial charge >= 0.3 is 0 Å². The van der Waals surface area contributed by atoms with Crippen LogP contribution in [-0.2, 0) is 11.2 Å². The van der Waals surface area contributed by atoms with E-state index in [2.05, 4.69) is 19.9 Å². The van der Waals surface area contributed by atoms with Crippen LogP contribution in [0.15, 0.2) is 18.2 Å². The minimum atomic E-state index is -0.0947. The van der Waals surface area contributed by atoms with Crippen LogP contribution in [0.5, 0.6) is 5.75 Å². The van der Waals surface area contributed by atoms with Crippen LogP contribution in [0, 0.1) is 16.7 Å². The third kappa shape index (κ3) is 1.56. The van der Waals surface area contributed by atoms with E-state index >= 15 is 0 Å². The first kappa shape index (κ1) is 13.4. The molecular formula is C19H24O2. The van der Waals surface area contributed by atoms with Crippen LogP contribution in [0.2, 0.25) is 0 Å². The molecule has 2 nitrogen and oxygen atoms in total. The molecular weight excluding hydrogens is 260 g/mol. The van der Waals surface area contributed by atoms with Crippen LogP contribution in [0.4, 0.5) is 0 Å². The van der Waals surface area contributed by atoms with E-state index in [1.807, 2.05) is 12.1 Å². The number of aryl methyl sites for hydroxylation is 1. The summed E-state index contributed by atoms with van der Waals surface area (Å²) in [5.41, 5.74) is 2.84. The van der Waals surface area contributed by atoms with Crippen molar-refractivity contribution in [3.05, 3.63) is 29.3 Å². The molecule has 0 amide bonds. The monoisotopic (exact) mass is 284 g/mol. The van der Waals surface area contributed by atoms with Crippen molar-refractivity contribution < 1.29 is 9.90 Å². The van der Waals surface area contributed by atoms with Crippen LogP contribution in [0.3, 0.4) is 0 Å². The molecule has 4 atom stereocenters. The lowest BCUT2D eigenvalue weighted by Gasteiger charge is -2.55. The van der Waals surface area contributed by atoms with Gasteiger partial charge in [0.2, 0.25) is 0 Å². The van der Waals surface area contributed by atoms with Gasteiger partial charge in [0, 0.05) is 11.8 Å². The third-order valence-corrected chi connectivity index (χ3v) is 7.26. The number of aromatic hydroxyl groups is 1. The van der Waals surface area contributed by atoms with Crippen LogP contribution < -0.4 is 0 Å². The molecule has 0 aromatic heterocycles. The largest absolute Gasteiger partial charge is 0.508 e. The second-order valence-electron chi connectivity index (χ2n) is 7.85. The van der Waals surface area contributed by atoms with E-state index in [9.17, 15) is 9.90 Å². The van der Waals surface area contributed by atoms with Crippen LogP contribution >= 0.6 is 0 Å². The first-order valence-electron chi connectivity index (χ1n) is 8.31. The quantitative estimate of drug-likeness (QED) is 0.775. The average Bonchev–Trinajstić information content (AvgIpc) is 2.71. The molecule has 1 aromatic rings. The number of carbonyl (C=O) groups is 1. The topological polar surface area (TPSA) is 37.3 Å². The third-order valence-electron chi connectivity index (χ3n) is 7.26. The highest BCUT2D eigenvalue weighted by Crippen LogP contribution is 2.66. The van der Waals surface area contributed by atoms with Gasteiger partial charge in [0.15, 0.2) is 0 Å². The standard InChI is InChI=1S/C19H24O2/c1-18-10-8-17(21)19(18,2)9-7-15-14-5-4-13(20)11-12(14)3-6-16(15)18/h4-5,11,15-16,20H,3,6-10H2,1-2H3/t15-,16-,18+,19-/m1/s1. The fraction of sp³-hybridized carbons (Fsp3) is 0.632. The van der Waals surface area contributed by atoms with E-state index in [1.165, 1.54) is 17.5 Å². The first-order valence-corrected chi connectivity index (χ1v) is 8.31. The smallest absolute Gasteiger partial charge is 0.139 e. The van der Waals surface area contributed by atoms with E-state index in [4.69, 9.17) is 0 Å². The molecule has 2 saturated carbocycles. The van der Waals surface area contributed by atoms with Gasteiger partial charge in [0.05, 0.1) is 0 Å². The summed E-state index contributed by atoms with van der Waals surface area (Å²) in [5, 5.41) is 9.72. The zero-order valence-electron chi connectivity index (χ0n) is 13.0. The lowest BCUT2D eigenvalue weighted by atomic mass is 9.48. The number of Topliss-reactive ketones (excluding diaryl/α,β-unsaturated/α-hetero) is 1. The maximum Gasteiger partial charge on any atom is 0.139 e. The summed E-state index contributed by atoms with van der Waals surface area (Å²) in [6.07, 6.45) is 6.21. The fourth-order valence-corrected chi connectivity index (χ4v) is 5.73. The lowest BCUT2D eigenvalue weighted by Crippen LogP contribution is -2.49. The number of fused-ring (bicyclic) bond motifs is 5. The van der Waals surface area contributed by atoms with Gasteiger partial charge in [-0.05, 0) is 72.6 Å². The maximum atomic E-state index is 12.5. The molecule has 0 saturated heterocycles. The number of phenols is 1. The Morgan fingerprint density at radius 1 is 1.14 bits per heavy atom. The minimum absolute atomic E-state index is 0.0947. The van der Waals surface area contributed by atoms with E-state index in [-0.39, 0.29) is 10.8 Å². The lowest BCUT2D eigenvalue weighted by molar-refractivity contribution is -0.135. The molecule has 0 unspecified atom stereocenters. The van der Waals surface area contributed by atoms with Crippen LogP contribution in [0.1, 0.15) is 63.0 Å². The summed E-state index contributed by atoms with van der Waals surface area (Å²) in [6, 6.07) is 5.91. The Hall–Kier alpha value is -1.31. The predicted octanol–water partition coefficient (Wildman–Crippen LogP) is 4.21. The molecule has 2 heteroatoms. The zero-order chi connectivity index (χ0) is 14.8. The molecule has 0 spiro atoms. The van der Waals surface area contributed by atoms with Gasteiger partial charge in [-0.1, -0.05) is 19.9 Å². The number of rotatable bonds is 0. The Balaban J connectivity index is 1.78. The van der Waals surface area contributed by atoms with Crippen molar-refractivity contribution in [2.75, 3.05) is 0 Å². The highest BCUT2D eigenvalue weighted by atomic mass is 16.3. The molecule has 0 radical (unpaired) electrons. The summed E-state index contributed by atoms with van der Waals surface area (Å²) in [5.74, 6) is 2.09. The summed E-state index contributed by atoms with van der Waals surface area (Å²) >= 11 is 0. The summed E-state index contributed by atoms with van der Waals surface area (Å²) < 4.78 is 0. The number of phenolic OH excluding ortho intramolecular Hbond substituents is 1. The van der Waals surface area contributed by atoms with Crippen molar-refractivity contribution in [3.8, 4) is 5.75 Å². The fourth-order valence-electron chi connectivity index (χ4n) is 5.73. The Morgan fingerprint density at radius 2 is 1.95 bits per heavy atom. The van der Waals surface area contributed by atoms with Gasteiger partial charge in [-0.2, -0.15) is 0 Å². The van der Waals surface area contributed by atoms with Gasteiger partial charge in [-0.25, -0.2) is 0 Å². The molecule has 0 heterocycles. The first-order chi connectivity index (χ1) is 9.96. The normalized spacial score (nSPS) is 41.3. The molecule has 1 N–H and O–H groups in total. The Bertz CT molecular complexity index is 620. The molecule has 2 fully saturated rings. The van der Waals surface area contributed by atoms with Crippen molar-refractivity contribution in [2.24, 2.45) is 16.7 Å². The number of hydrogen-bond donors (Lipinski definition) is 1. The van der Waals surface area contributed by atoms with Gasteiger partial charge < -0.3 is 5.11 Å². The molecule has 1 aromatic carbocycles. The van der Waals surface area contributed by atoms with Crippen LogP contribution in [-0.4, -0.2) is 10.9 Å². The van der Waals surface area contributed by atoms with Crippen molar-refractivity contribution >= 4 is 5.78 Å². The molecule has 3 aliphatic carbocycles. The van der Waals surface area contributed by atoms with Crippen LogP contribution in [0.25, 0.3) is 0 Å². The summed E-state index contributed by atoms with van der Waals surface area (Å²) in [7, 11) is 0. The molecule has 112 valence electrons. The Labute approximate surface area is 126 Å². The number of hydrogen-bond acceptors (Lipinski definition) is 2. The zero-order valence-corrected chi connectivity index (χ0v) is 13.0. The average molecular weight is 284 g/mol. The van der Waals surface area contributed by atoms with Crippen molar-refractivity contribution in [1.29, 1.82) is 0 Å². The van der Waals surface area contributed by atoms with E-state index in [0.717, 1.165) is 32.1 Å². The van der Waals surface area contributed by atoms with Gasteiger partial charge in [-0.15, -0.1) is 0 Å². The minimum Gasteiger partial charge on any atom is -0.508 e. The molecule has 0 aliphatic heterocycles. The molecule has 3 aliphatic rings. The highest BCUT2D eigenvalue weighted by molar-refractivity contribution is 5.88. The predicted molar refractivity (Wildman–Crippen MR) is 82.3 cm³/mol. The van der Waals surface area contributed by atoms with Crippen molar-refractivity contribution in [1.82, 2.24) is 0 Å². The summed E-state index contributed by atoms with van der Waals surface area (Å²) in [6.45, 7) is 4.60. The molecule has 0 bridgehead atoms. The van der Waals surface area contributed by atoms with Crippen molar-refractivity contribution in [3.63, 3.8) is 0 Å². The van der Waals surface area contributed by atoms with E-state index in [1.54, 1.807) is 0 Å². The van der Waals surface area contributed by atoms with Gasteiger partial charge in [0.25, 0.3) is 0 Å².